The van der Waals surface area contributed by atoms with Gasteiger partial charge in [0.1, 0.15) is 11.8 Å². The van der Waals surface area contributed by atoms with Gasteiger partial charge < -0.3 is 15.0 Å². The molecule has 3 aromatic carbocycles. The predicted molar refractivity (Wildman–Crippen MR) is 136 cm³/mol. The molecule has 0 bridgehead atoms. The summed E-state index contributed by atoms with van der Waals surface area (Å²) in [4.78, 5) is 53.3. The molecule has 0 aromatic heterocycles. The zero-order valence-electron chi connectivity index (χ0n) is 19.5. The maximum atomic E-state index is 13.4. The van der Waals surface area contributed by atoms with Crippen LogP contribution in [0.3, 0.4) is 0 Å². The molecule has 184 valence electrons. The molecule has 1 unspecified atom stereocenters. The number of halogens is 1. The Hall–Kier alpha value is -4.17. The van der Waals surface area contributed by atoms with E-state index >= 15 is 0 Å². The van der Waals surface area contributed by atoms with Crippen molar-refractivity contribution in [2.75, 3.05) is 16.8 Å². The Bertz CT molecular complexity index is 1280. The lowest BCUT2D eigenvalue weighted by Gasteiger charge is -2.28. The lowest BCUT2D eigenvalue weighted by Crippen LogP contribution is -2.46. The molecule has 1 saturated heterocycles. The van der Waals surface area contributed by atoms with Crippen molar-refractivity contribution in [3.63, 3.8) is 0 Å². The quantitative estimate of drug-likeness (QED) is 0.466. The average molecular weight is 506 g/mol. The normalized spacial score (nSPS) is 15.1. The number of benzene rings is 3. The first-order valence-electron chi connectivity index (χ1n) is 11.3. The zero-order chi connectivity index (χ0) is 25.7. The van der Waals surface area contributed by atoms with Crippen LogP contribution in [0, 0.1) is 0 Å². The van der Waals surface area contributed by atoms with Gasteiger partial charge in [-0.15, -0.1) is 0 Å². The molecule has 0 aliphatic carbocycles. The number of amides is 4. The number of hydrogen-bond donors (Lipinski definition) is 1. The van der Waals surface area contributed by atoms with Gasteiger partial charge in [0.25, 0.3) is 11.8 Å². The molecule has 1 aliphatic heterocycles. The summed E-state index contributed by atoms with van der Waals surface area (Å²) < 4.78 is 5.63. The second kappa shape index (κ2) is 11.0. The summed E-state index contributed by atoms with van der Waals surface area (Å²) >= 11 is 6.33. The fourth-order valence-corrected chi connectivity index (χ4v) is 4.15. The van der Waals surface area contributed by atoms with Gasteiger partial charge >= 0.3 is 0 Å². The number of rotatable bonds is 8. The van der Waals surface area contributed by atoms with Gasteiger partial charge in [0.2, 0.25) is 11.8 Å². The van der Waals surface area contributed by atoms with Crippen LogP contribution in [0.4, 0.5) is 11.4 Å². The molecule has 0 radical (unpaired) electrons. The first-order valence-corrected chi connectivity index (χ1v) is 11.7. The number of nitrogens with one attached hydrogen (secondary N) is 1. The van der Waals surface area contributed by atoms with Crippen molar-refractivity contribution in [3.05, 3.63) is 89.4 Å². The smallest absolute Gasteiger partial charge is 0.261 e. The molecule has 9 heteroatoms. The lowest BCUT2D eigenvalue weighted by molar-refractivity contribution is -0.140. The van der Waals surface area contributed by atoms with Crippen molar-refractivity contribution < 1.29 is 23.9 Å². The predicted octanol–water partition coefficient (Wildman–Crippen LogP) is 4.04. The third-order valence-corrected chi connectivity index (χ3v) is 6.04. The first-order chi connectivity index (χ1) is 17.3. The van der Waals surface area contributed by atoms with Gasteiger partial charge in [0.05, 0.1) is 12.1 Å². The van der Waals surface area contributed by atoms with Crippen molar-refractivity contribution in [2.45, 2.75) is 25.9 Å². The topological polar surface area (TPSA) is 96.0 Å². The first kappa shape index (κ1) is 24.9. The molecule has 1 aliphatic rings. The second-order valence-corrected chi connectivity index (χ2v) is 8.64. The van der Waals surface area contributed by atoms with E-state index < -0.39 is 23.8 Å². The van der Waals surface area contributed by atoms with Gasteiger partial charge in [-0.25, -0.2) is 4.90 Å². The summed E-state index contributed by atoms with van der Waals surface area (Å²) in [6.07, 6.45) is -0.173. The van der Waals surface area contributed by atoms with E-state index in [9.17, 15) is 19.2 Å². The van der Waals surface area contributed by atoms with Crippen LogP contribution in [0.25, 0.3) is 0 Å². The van der Waals surface area contributed by atoms with Gasteiger partial charge in [0.15, 0.2) is 6.61 Å². The highest BCUT2D eigenvalue weighted by Gasteiger charge is 2.44. The van der Waals surface area contributed by atoms with Crippen LogP contribution in [0.2, 0.25) is 5.02 Å². The maximum Gasteiger partial charge on any atom is 0.261 e. The molecule has 1 N–H and O–H groups in total. The second-order valence-electron chi connectivity index (χ2n) is 8.23. The summed E-state index contributed by atoms with van der Waals surface area (Å²) in [5.41, 5.74) is 1.54. The van der Waals surface area contributed by atoms with Crippen LogP contribution in [0.1, 0.15) is 18.9 Å². The summed E-state index contributed by atoms with van der Waals surface area (Å²) in [7, 11) is 0. The highest BCUT2D eigenvalue weighted by molar-refractivity contribution is 6.31. The van der Waals surface area contributed by atoms with Crippen molar-refractivity contribution in [3.8, 4) is 5.75 Å². The van der Waals surface area contributed by atoms with Crippen LogP contribution in [0.5, 0.6) is 5.75 Å². The lowest BCUT2D eigenvalue weighted by atomic mass is 10.1. The number of nitrogens with zero attached hydrogens (tertiary/aromatic N) is 2. The molecular formula is C27H24ClN3O5. The van der Waals surface area contributed by atoms with E-state index in [2.05, 4.69) is 5.32 Å². The van der Waals surface area contributed by atoms with E-state index in [4.69, 9.17) is 16.3 Å². The van der Waals surface area contributed by atoms with E-state index in [-0.39, 0.29) is 25.5 Å². The van der Waals surface area contributed by atoms with Crippen molar-refractivity contribution >= 4 is 46.6 Å². The molecular weight excluding hydrogens is 482 g/mol. The van der Waals surface area contributed by atoms with Gasteiger partial charge in [0, 0.05) is 24.2 Å². The van der Waals surface area contributed by atoms with Crippen molar-refractivity contribution in [1.82, 2.24) is 4.90 Å². The summed E-state index contributed by atoms with van der Waals surface area (Å²) in [6, 6.07) is 21.2. The number of hydrogen-bond acceptors (Lipinski definition) is 5. The molecule has 4 rings (SSSR count). The third kappa shape index (κ3) is 5.72. The van der Waals surface area contributed by atoms with Gasteiger partial charge in [-0.2, -0.15) is 0 Å². The third-order valence-electron chi connectivity index (χ3n) is 5.67. The Kier molecular flexibility index (Phi) is 7.65. The molecule has 1 atom stereocenters. The van der Waals surface area contributed by atoms with Crippen molar-refractivity contribution in [1.29, 1.82) is 0 Å². The van der Waals surface area contributed by atoms with E-state index in [0.717, 1.165) is 4.90 Å². The fraction of sp³-hybridized carbons (Fsp3) is 0.185. The Morgan fingerprint density at radius 1 is 1.00 bits per heavy atom. The van der Waals surface area contributed by atoms with Crippen molar-refractivity contribution in [2.24, 2.45) is 0 Å². The number of carbonyl (C=O) groups excluding carboxylic acids is 4. The molecule has 36 heavy (non-hydrogen) atoms. The number of carbonyl (C=O) groups is 4. The Morgan fingerprint density at radius 2 is 1.67 bits per heavy atom. The van der Waals surface area contributed by atoms with Gasteiger partial charge in [-0.05, 0) is 48.0 Å². The Morgan fingerprint density at radius 3 is 2.33 bits per heavy atom. The minimum Gasteiger partial charge on any atom is -0.484 e. The monoisotopic (exact) mass is 505 g/mol. The highest BCUT2D eigenvalue weighted by Crippen LogP contribution is 2.29. The number of ether oxygens (including phenoxy) is 1. The Balaban J connectivity index is 1.57. The number of para-hydroxylation sites is 1. The van der Waals surface area contributed by atoms with E-state index in [1.54, 1.807) is 72.8 Å². The standard InChI is InChI=1S/C27H24ClN3O5/c1-18(32)29-20-11-13-21(14-12-20)31-25(33)15-24(27(31)35)30(16-19-7-5-6-10-23(19)28)26(34)17-36-22-8-3-2-4-9-22/h2-14,24H,15-17H2,1H3,(H,29,32). The van der Waals surface area contributed by atoms with E-state index in [1.807, 2.05) is 6.07 Å². The average Bonchev–Trinajstić information content (AvgIpc) is 3.16. The molecule has 0 spiro atoms. The van der Waals surface area contributed by atoms with Crippen LogP contribution in [0.15, 0.2) is 78.9 Å². The fourth-order valence-electron chi connectivity index (χ4n) is 3.95. The molecule has 3 aromatic rings. The minimum absolute atomic E-state index is 0.0374. The van der Waals surface area contributed by atoms with E-state index in [1.165, 1.54) is 11.8 Å². The molecule has 1 heterocycles. The van der Waals surface area contributed by atoms with Crippen LogP contribution >= 0.6 is 11.6 Å². The van der Waals surface area contributed by atoms with E-state index in [0.29, 0.717) is 27.7 Å². The summed E-state index contributed by atoms with van der Waals surface area (Å²) in [6.45, 7) is 1.12. The Labute approximate surface area is 213 Å². The summed E-state index contributed by atoms with van der Waals surface area (Å²) in [5.74, 6) is -1.13. The SMILES string of the molecule is CC(=O)Nc1ccc(N2C(=O)CC(N(Cc3ccccc3Cl)C(=O)COc3ccccc3)C2=O)cc1. The van der Waals surface area contributed by atoms with Gasteiger partial charge in [-0.3, -0.25) is 19.2 Å². The molecule has 4 amide bonds. The largest absolute Gasteiger partial charge is 0.484 e. The highest BCUT2D eigenvalue weighted by atomic mass is 35.5. The van der Waals surface area contributed by atoms with Gasteiger partial charge in [-0.1, -0.05) is 48.0 Å². The molecule has 8 nitrogen and oxygen atoms in total. The number of imide groups is 1. The molecule has 1 fully saturated rings. The molecule has 0 saturated carbocycles. The maximum absolute atomic E-state index is 13.4. The zero-order valence-corrected chi connectivity index (χ0v) is 20.3. The number of anilines is 2. The van der Waals surface area contributed by atoms with Crippen LogP contribution in [-0.2, 0) is 25.7 Å². The summed E-state index contributed by atoms with van der Waals surface area (Å²) in [5, 5.41) is 3.09. The minimum atomic E-state index is -1.02. The van der Waals surface area contributed by atoms with Crippen LogP contribution in [-0.4, -0.2) is 41.2 Å². The van der Waals surface area contributed by atoms with Crippen LogP contribution < -0.4 is 15.0 Å².